The molecule has 0 amide bonds. The SMILES string of the molecule is COCCCOCCC(CN)c1cccc(Br)c1. The smallest absolute Gasteiger partial charge is 0.0487 e. The van der Waals surface area contributed by atoms with Crippen molar-refractivity contribution < 1.29 is 9.47 Å². The fourth-order valence-electron chi connectivity index (χ4n) is 1.81. The van der Waals surface area contributed by atoms with Gasteiger partial charge in [0.05, 0.1) is 0 Å². The molecular formula is C14H22BrNO2. The zero-order chi connectivity index (χ0) is 13.2. The van der Waals surface area contributed by atoms with Crippen molar-refractivity contribution in [3.63, 3.8) is 0 Å². The van der Waals surface area contributed by atoms with Crippen molar-refractivity contribution in [2.45, 2.75) is 18.8 Å². The molecule has 0 bridgehead atoms. The highest BCUT2D eigenvalue weighted by atomic mass is 79.9. The predicted octanol–water partition coefficient (Wildman–Crippen LogP) is 2.93. The maximum absolute atomic E-state index is 5.83. The highest BCUT2D eigenvalue weighted by molar-refractivity contribution is 9.10. The summed E-state index contributed by atoms with van der Waals surface area (Å²) in [6, 6.07) is 8.31. The lowest BCUT2D eigenvalue weighted by Gasteiger charge is -2.15. The normalized spacial score (nSPS) is 12.6. The van der Waals surface area contributed by atoms with Crippen molar-refractivity contribution in [3.8, 4) is 0 Å². The Hall–Kier alpha value is -0.420. The first-order chi connectivity index (χ1) is 8.77. The van der Waals surface area contributed by atoms with E-state index in [1.165, 1.54) is 5.56 Å². The second-order valence-corrected chi connectivity index (χ2v) is 5.15. The third-order valence-corrected chi connectivity index (χ3v) is 3.35. The van der Waals surface area contributed by atoms with E-state index in [1.807, 2.05) is 12.1 Å². The van der Waals surface area contributed by atoms with E-state index >= 15 is 0 Å². The van der Waals surface area contributed by atoms with Gasteiger partial charge in [-0.05, 0) is 43.0 Å². The van der Waals surface area contributed by atoms with Gasteiger partial charge in [0, 0.05) is 31.4 Å². The summed E-state index contributed by atoms with van der Waals surface area (Å²) in [5.41, 5.74) is 7.10. The minimum atomic E-state index is 0.366. The van der Waals surface area contributed by atoms with Crippen LogP contribution in [0.5, 0.6) is 0 Å². The molecule has 0 radical (unpaired) electrons. The van der Waals surface area contributed by atoms with Gasteiger partial charge in [-0.1, -0.05) is 28.1 Å². The number of nitrogens with two attached hydrogens (primary N) is 1. The van der Waals surface area contributed by atoms with Gasteiger partial charge < -0.3 is 15.2 Å². The third-order valence-electron chi connectivity index (χ3n) is 2.85. The topological polar surface area (TPSA) is 44.5 Å². The fourth-order valence-corrected chi connectivity index (χ4v) is 2.23. The number of benzene rings is 1. The molecule has 0 aliphatic heterocycles. The number of hydrogen-bond acceptors (Lipinski definition) is 3. The average molecular weight is 316 g/mol. The molecule has 1 atom stereocenters. The number of hydrogen-bond donors (Lipinski definition) is 1. The monoisotopic (exact) mass is 315 g/mol. The Morgan fingerprint density at radius 1 is 1.28 bits per heavy atom. The van der Waals surface area contributed by atoms with Gasteiger partial charge in [-0.3, -0.25) is 0 Å². The second-order valence-electron chi connectivity index (χ2n) is 4.24. The molecular weight excluding hydrogens is 294 g/mol. The molecule has 0 saturated heterocycles. The van der Waals surface area contributed by atoms with E-state index in [0.717, 1.165) is 37.1 Å². The number of rotatable bonds is 9. The molecule has 1 rings (SSSR count). The standard InChI is InChI=1S/C14H22BrNO2/c1-17-7-3-8-18-9-6-13(11-16)12-4-2-5-14(15)10-12/h2,4-5,10,13H,3,6-9,11,16H2,1H3. The molecule has 18 heavy (non-hydrogen) atoms. The molecule has 0 aromatic heterocycles. The van der Waals surface area contributed by atoms with Gasteiger partial charge in [-0.15, -0.1) is 0 Å². The Balaban J connectivity index is 2.29. The molecule has 0 fully saturated rings. The Bertz CT molecular complexity index is 333. The summed E-state index contributed by atoms with van der Waals surface area (Å²) in [5, 5.41) is 0. The van der Waals surface area contributed by atoms with Crippen molar-refractivity contribution in [3.05, 3.63) is 34.3 Å². The van der Waals surface area contributed by atoms with Gasteiger partial charge in [0.25, 0.3) is 0 Å². The van der Waals surface area contributed by atoms with Crippen LogP contribution in [-0.2, 0) is 9.47 Å². The van der Waals surface area contributed by atoms with Crippen LogP contribution in [0.1, 0.15) is 24.3 Å². The number of methoxy groups -OCH3 is 1. The van der Waals surface area contributed by atoms with Crippen molar-refractivity contribution >= 4 is 15.9 Å². The fraction of sp³-hybridized carbons (Fsp3) is 0.571. The predicted molar refractivity (Wildman–Crippen MR) is 77.9 cm³/mol. The van der Waals surface area contributed by atoms with Crippen molar-refractivity contribution in [2.75, 3.05) is 33.5 Å². The molecule has 2 N–H and O–H groups in total. The lowest BCUT2D eigenvalue weighted by Crippen LogP contribution is -2.15. The van der Waals surface area contributed by atoms with Gasteiger partial charge in [0.2, 0.25) is 0 Å². The minimum Gasteiger partial charge on any atom is -0.385 e. The van der Waals surface area contributed by atoms with Crippen LogP contribution in [0, 0.1) is 0 Å². The maximum Gasteiger partial charge on any atom is 0.0487 e. The van der Waals surface area contributed by atoms with E-state index in [9.17, 15) is 0 Å². The van der Waals surface area contributed by atoms with Crippen molar-refractivity contribution in [2.24, 2.45) is 5.73 Å². The molecule has 0 heterocycles. The summed E-state index contributed by atoms with van der Waals surface area (Å²) in [6.45, 7) is 2.91. The van der Waals surface area contributed by atoms with Crippen LogP contribution in [0.3, 0.4) is 0 Å². The van der Waals surface area contributed by atoms with E-state index in [1.54, 1.807) is 7.11 Å². The van der Waals surface area contributed by atoms with Crippen LogP contribution in [0.15, 0.2) is 28.7 Å². The lowest BCUT2D eigenvalue weighted by molar-refractivity contribution is 0.0984. The molecule has 4 heteroatoms. The van der Waals surface area contributed by atoms with Crippen LogP contribution in [-0.4, -0.2) is 33.5 Å². The molecule has 0 aliphatic carbocycles. The molecule has 1 aromatic carbocycles. The summed E-state index contributed by atoms with van der Waals surface area (Å²) in [7, 11) is 1.71. The van der Waals surface area contributed by atoms with Crippen LogP contribution < -0.4 is 5.73 Å². The van der Waals surface area contributed by atoms with Gasteiger partial charge >= 0.3 is 0 Å². The first kappa shape index (κ1) is 15.6. The van der Waals surface area contributed by atoms with E-state index in [-0.39, 0.29) is 0 Å². The van der Waals surface area contributed by atoms with E-state index < -0.39 is 0 Å². The first-order valence-electron chi connectivity index (χ1n) is 6.30. The zero-order valence-electron chi connectivity index (χ0n) is 10.9. The van der Waals surface area contributed by atoms with Crippen LogP contribution in [0.4, 0.5) is 0 Å². The van der Waals surface area contributed by atoms with Crippen LogP contribution in [0.25, 0.3) is 0 Å². The lowest BCUT2D eigenvalue weighted by atomic mass is 9.96. The van der Waals surface area contributed by atoms with Crippen LogP contribution in [0.2, 0.25) is 0 Å². The summed E-state index contributed by atoms with van der Waals surface area (Å²) in [5.74, 6) is 0.366. The molecule has 3 nitrogen and oxygen atoms in total. The summed E-state index contributed by atoms with van der Waals surface area (Å²) >= 11 is 3.48. The largest absolute Gasteiger partial charge is 0.385 e. The van der Waals surface area contributed by atoms with Gasteiger partial charge in [-0.2, -0.15) is 0 Å². The van der Waals surface area contributed by atoms with E-state index in [4.69, 9.17) is 15.2 Å². The number of halogens is 1. The van der Waals surface area contributed by atoms with Gasteiger partial charge in [-0.25, -0.2) is 0 Å². The molecule has 0 saturated carbocycles. The maximum atomic E-state index is 5.83. The van der Waals surface area contributed by atoms with Gasteiger partial charge in [0.15, 0.2) is 0 Å². The van der Waals surface area contributed by atoms with Crippen molar-refractivity contribution in [1.82, 2.24) is 0 Å². The quantitative estimate of drug-likeness (QED) is 0.713. The first-order valence-corrected chi connectivity index (χ1v) is 7.09. The van der Waals surface area contributed by atoms with Gasteiger partial charge in [0.1, 0.15) is 0 Å². The number of ether oxygens (including phenoxy) is 2. The second kappa shape index (κ2) is 9.50. The molecule has 0 aliphatic rings. The zero-order valence-corrected chi connectivity index (χ0v) is 12.5. The van der Waals surface area contributed by atoms with Crippen LogP contribution >= 0.6 is 15.9 Å². The highest BCUT2D eigenvalue weighted by Gasteiger charge is 2.09. The highest BCUT2D eigenvalue weighted by Crippen LogP contribution is 2.22. The molecule has 0 spiro atoms. The Labute approximate surface area is 118 Å². The minimum absolute atomic E-state index is 0.366. The molecule has 1 unspecified atom stereocenters. The molecule has 102 valence electrons. The van der Waals surface area contributed by atoms with Crippen molar-refractivity contribution in [1.29, 1.82) is 0 Å². The Kier molecular flexibility index (Phi) is 8.25. The molecule has 1 aromatic rings. The Morgan fingerprint density at radius 3 is 2.78 bits per heavy atom. The third kappa shape index (κ3) is 5.96. The summed E-state index contributed by atoms with van der Waals surface area (Å²) < 4.78 is 11.6. The average Bonchev–Trinajstić information content (AvgIpc) is 2.38. The summed E-state index contributed by atoms with van der Waals surface area (Å²) in [6.07, 6.45) is 1.90. The van der Waals surface area contributed by atoms with E-state index in [2.05, 4.69) is 28.1 Å². The Morgan fingerprint density at radius 2 is 2.11 bits per heavy atom. The summed E-state index contributed by atoms with van der Waals surface area (Å²) in [4.78, 5) is 0. The van der Waals surface area contributed by atoms with E-state index in [0.29, 0.717) is 12.5 Å².